The third-order valence-electron chi connectivity index (χ3n) is 3.49. The summed E-state index contributed by atoms with van der Waals surface area (Å²) in [5.74, 6) is 0.900. The second-order valence-electron chi connectivity index (χ2n) is 4.98. The molecule has 0 aromatic heterocycles. The van der Waals surface area contributed by atoms with Crippen LogP contribution in [0.15, 0.2) is 24.3 Å². The van der Waals surface area contributed by atoms with E-state index in [0.717, 1.165) is 5.75 Å². The number of hydrogen-bond donors (Lipinski definition) is 1. The molecular weight excluding hydrogens is 212 g/mol. The number of nitrogens with two attached hydrogens (primary N) is 1. The Morgan fingerprint density at radius 3 is 2.65 bits per heavy atom. The number of hydrogen-bond acceptors (Lipinski definition) is 3. The van der Waals surface area contributed by atoms with Crippen LogP contribution in [0.4, 0.5) is 0 Å². The molecule has 0 bridgehead atoms. The minimum absolute atomic E-state index is 0.118. The summed E-state index contributed by atoms with van der Waals surface area (Å²) in [6.07, 6.45) is 2.59. The molecule has 0 saturated heterocycles. The van der Waals surface area contributed by atoms with Gasteiger partial charge in [0.2, 0.25) is 0 Å². The highest BCUT2D eigenvalue weighted by Crippen LogP contribution is 2.34. The molecule has 1 aromatic carbocycles. The van der Waals surface area contributed by atoms with E-state index in [0.29, 0.717) is 6.04 Å². The summed E-state index contributed by atoms with van der Waals surface area (Å²) in [7, 11) is 3.87. The molecule has 2 N–H and O–H groups in total. The van der Waals surface area contributed by atoms with Crippen LogP contribution in [0.25, 0.3) is 0 Å². The molecule has 3 nitrogen and oxygen atoms in total. The van der Waals surface area contributed by atoms with Crippen LogP contribution in [0.1, 0.15) is 31.4 Å². The zero-order chi connectivity index (χ0) is 12.4. The topological polar surface area (TPSA) is 38.5 Å². The first-order valence-electron chi connectivity index (χ1n) is 6.25. The van der Waals surface area contributed by atoms with Gasteiger partial charge < -0.3 is 10.5 Å². The number of nitrogens with zero attached hydrogens (tertiary/aromatic N) is 1. The fourth-order valence-electron chi connectivity index (χ4n) is 2.44. The van der Waals surface area contributed by atoms with Gasteiger partial charge in [0.25, 0.3) is 0 Å². The lowest BCUT2D eigenvalue weighted by Gasteiger charge is -2.31. The average Bonchev–Trinajstić information content (AvgIpc) is 3.12. The summed E-state index contributed by atoms with van der Waals surface area (Å²) in [6, 6.07) is 9.33. The third-order valence-corrected chi connectivity index (χ3v) is 3.49. The summed E-state index contributed by atoms with van der Waals surface area (Å²) in [6.45, 7) is 2.07. The fourth-order valence-corrected chi connectivity index (χ4v) is 2.44. The first kappa shape index (κ1) is 12.4. The maximum absolute atomic E-state index is 6.14. The molecule has 2 rings (SSSR count). The van der Waals surface area contributed by atoms with Gasteiger partial charge in [-0.2, -0.15) is 0 Å². The minimum Gasteiger partial charge on any atom is -0.497 e. The Labute approximate surface area is 104 Å². The maximum Gasteiger partial charge on any atom is 0.119 e. The van der Waals surface area contributed by atoms with Gasteiger partial charge in [0, 0.05) is 18.1 Å². The quantitative estimate of drug-likeness (QED) is 0.848. The predicted octanol–water partition coefficient (Wildman–Crippen LogP) is 2.18. The van der Waals surface area contributed by atoms with E-state index in [1.54, 1.807) is 7.11 Å². The largest absolute Gasteiger partial charge is 0.497 e. The smallest absolute Gasteiger partial charge is 0.119 e. The molecule has 0 heterocycles. The summed E-state index contributed by atoms with van der Waals surface area (Å²) in [5.41, 5.74) is 7.39. The molecule has 0 amide bonds. The average molecular weight is 234 g/mol. The van der Waals surface area contributed by atoms with Gasteiger partial charge >= 0.3 is 0 Å². The van der Waals surface area contributed by atoms with Crippen molar-refractivity contribution < 1.29 is 4.74 Å². The van der Waals surface area contributed by atoms with Crippen molar-refractivity contribution in [2.75, 3.05) is 14.2 Å². The normalized spacial score (nSPS) is 19.1. The van der Waals surface area contributed by atoms with Crippen LogP contribution in [-0.2, 0) is 0 Å². The lowest BCUT2D eigenvalue weighted by molar-refractivity contribution is 0.209. The number of methoxy groups -OCH3 is 1. The number of benzene rings is 1. The van der Waals surface area contributed by atoms with Crippen LogP contribution in [0.5, 0.6) is 5.75 Å². The number of rotatable bonds is 5. The monoisotopic (exact) mass is 234 g/mol. The summed E-state index contributed by atoms with van der Waals surface area (Å²) >= 11 is 0. The Kier molecular flexibility index (Phi) is 3.69. The first-order valence-corrected chi connectivity index (χ1v) is 6.25. The van der Waals surface area contributed by atoms with Gasteiger partial charge in [0.1, 0.15) is 5.75 Å². The molecule has 0 spiro atoms. The zero-order valence-corrected chi connectivity index (χ0v) is 10.9. The highest BCUT2D eigenvalue weighted by atomic mass is 16.5. The lowest BCUT2D eigenvalue weighted by Crippen LogP contribution is -2.38. The van der Waals surface area contributed by atoms with Gasteiger partial charge in [-0.3, -0.25) is 4.90 Å². The molecule has 94 valence electrons. The fraction of sp³-hybridized carbons (Fsp3) is 0.571. The lowest BCUT2D eigenvalue weighted by atomic mass is 9.99. The van der Waals surface area contributed by atoms with E-state index in [4.69, 9.17) is 10.5 Å². The molecule has 0 radical (unpaired) electrons. The SMILES string of the molecule is COc1cccc(C(C(C)N)N(C)C2CC2)c1. The van der Waals surface area contributed by atoms with Crippen molar-refractivity contribution in [1.82, 2.24) is 4.90 Å². The Morgan fingerprint density at radius 2 is 2.12 bits per heavy atom. The second-order valence-corrected chi connectivity index (χ2v) is 4.98. The highest BCUT2D eigenvalue weighted by Gasteiger charge is 2.33. The third kappa shape index (κ3) is 2.79. The van der Waals surface area contributed by atoms with Gasteiger partial charge in [0.15, 0.2) is 0 Å². The van der Waals surface area contributed by atoms with E-state index in [-0.39, 0.29) is 12.1 Å². The van der Waals surface area contributed by atoms with Gasteiger partial charge in [-0.15, -0.1) is 0 Å². The summed E-state index contributed by atoms with van der Waals surface area (Å²) < 4.78 is 5.28. The van der Waals surface area contributed by atoms with E-state index >= 15 is 0 Å². The van der Waals surface area contributed by atoms with Crippen molar-refractivity contribution >= 4 is 0 Å². The molecule has 2 atom stereocenters. The van der Waals surface area contributed by atoms with Crippen LogP contribution in [-0.4, -0.2) is 31.1 Å². The van der Waals surface area contributed by atoms with Crippen LogP contribution < -0.4 is 10.5 Å². The van der Waals surface area contributed by atoms with E-state index in [9.17, 15) is 0 Å². The predicted molar refractivity (Wildman–Crippen MR) is 70.2 cm³/mol. The van der Waals surface area contributed by atoms with E-state index in [1.165, 1.54) is 18.4 Å². The van der Waals surface area contributed by atoms with Crippen molar-refractivity contribution in [3.05, 3.63) is 29.8 Å². The van der Waals surface area contributed by atoms with Crippen molar-refractivity contribution in [1.29, 1.82) is 0 Å². The van der Waals surface area contributed by atoms with Gasteiger partial charge in [-0.05, 0) is 44.5 Å². The second kappa shape index (κ2) is 5.07. The van der Waals surface area contributed by atoms with Crippen molar-refractivity contribution in [3.8, 4) is 5.75 Å². The van der Waals surface area contributed by atoms with Gasteiger partial charge in [-0.1, -0.05) is 12.1 Å². The van der Waals surface area contributed by atoms with Gasteiger partial charge in [0.05, 0.1) is 7.11 Å². The van der Waals surface area contributed by atoms with Crippen LogP contribution >= 0.6 is 0 Å². The summed E-state index contributed by atoms with van der Waals surface area (Å²) in [4.78, 5) is 2.40. The number of ether oxygens (including phenoxy) is 1. The molecule has 1 saturated carbocycles. The van der Waals surface area contributed by atoms with Crippen LogP contribution in [0, 0.1) is 0 Å². The van der Waals surface area contributed by atoms with E-state index in [1.807, 2.05) is 12.1 Å². The maximum atomic E-state index is 6.14. The molecule has 17 heavy (non-hydrogen) atoms. The van der Waals surface area contributed by atoms with Crippen molar-refractivity contribution in [3.63, 3.8) is 0 Å². The number of likely N-dealkylation sites (N-methyl/N-ethyl adjacent to an activating group) is 1. The first-order chi connectivity index (χ1) is 8.13. The molecular formula is C14H22N2O. The Morgan fingerprint density at radius 1 is 1.41 bits per heavy atom. The molecule has 1 fully saturated rings. The zero-order valence-electron chi connectivity index (χ0n) is 10.9. The van der Waals surface area contributed by atoms with Crippen molar-refractivity contribution in [2.24, 2.45) is 5.73 Å². The highest BCUT2D eigenvalue weighted by molar-refractivity contribution is 5.31. The molecule has 1 aliphatic rings. The molecule has 1 aromatic rings. The molecule has 3 heteroatoms. The van der Waals surface area contributed by atoms with Crippen LogP contribution in [0.3, 0.4) is 0 Å². The standard InChI is InChI=1S/C14H22N2O/c1-10(15)14(16(2)12-7-8-12)11-5-4-6-13(9-11)17-3/h4-6,9-10,12,14H,7-8,15H2,1-3H3. The minimum atomic E-state index is 0.118. The molecule has 0 aliphatic heterocycles. The van der Waals surface area contributed by atoms with Crippen molar-refractivity contribution in [2.45, 2.75) is 37.9 Å². The molecule has 1 aliphatic carbocycles. The van der Waals surface area contributed by atoms with Gasteiger partial charge in [-0.25, -0.2) is 0 Å². The summed E-state index contributed by atoms with van der Waals surface area (Å²) in [5, 5.41) is 0. The Balaban J connectivity index is 2.24. The van der Waals surface area contributed by atoms with E-state index in [2.05, 4.69) is 31.0 Å². The van der Waals surface area contributed by atoms with E-state index < -0.39 is 0 Å². The Hall–Kier alpha value is -1.06. The Bertz CT molecular complexity index is 374. The van der Waals surface area contributed by atoms with Crippen LogP contribution in [0.2, 0.25) is 0 Å². The molecule has 2 unspecified atom stereocenters.